The molecule has 6 heteroatoms. The molecule has 2 N–H and O–H groups in total. The van der Waals surface area contributed by atoms with Gasteiger partial charge < -0.3 is 20.1 Å². The summed E-state index contributed by atoms with van der Waals surface area (Å²) in [5, 5.41) is 7.68. The minimum Gasteiger partial charge on any atom is -0.497 e. The Balaban J connectivity index is 1.93. The van der Waals surface area contributed by atoms with E-state index in [-0.39, 0.29) is 12.6 Å². The number of fused-ring (bicyclic) bond motifs is 1. The van der Waals surface area contributed by atoms with Gasteiger partial charge in [0.05, 0.1) is 31.0 Å². The van der Waals surface area contributed by atoms with E-state index in [9.17, 15) is 9.59 Å². The van der Waals surface area contributed by atoms with E-state index in [4.69, 9.17) is 9.47 Å². The molecule has 3 aromatic rings. The SMILES string of the molecule is CCOC(=O)C1=C(c2ccc(OC)cc2)NC(=O)NC1c1cccc2ccccc12. The molecule has 1 aliphatic rings. The predicted molar refractivity (Wildman–Crippen MR) is 115 cm³/mol. The third kappa shape index (κ3) is 3.59. The highest BCUT2D eigenvalue weighted by Crippen LogP contribution is 2.35. The topological polar surface area (TPSA) is 76.7 Å². The number of methoxy groups -OCH3 is 1. The average Bonchev–Trinajstić information content (AvgIpc) is 2.78. The van der Waals surface area contributed by atoms with E-state index in [2.05, 4.69) is 10.6 Å². The first-order chi connectivity index (χ1) is 14.6. The molecule has 152 valence electrons. The van der Waals surface area contributed by atoms with Crippen molar-refractivity contribution in [3.63, 3.8) is 0 Å². The second-order valence-electron chi connectivity index (χ2n) is 6.84. The van der Waals surface area contributed by atoms with E-state index in [1.165, 1.54) is 0 Å². The largest absolute Gasteiger partial charge is 0.497 e. The maximum atomic E-state index is 13.0. The highest BCUT2D eigenvalue weighted by atomic mass is 16.5. The van der Waals surface area contributed by atoms with Crippen molar-refractivity contribution in [1.29, 1.82) is 0 Å². The fourth-order valence-corrected chi connectivity index (χ4v) is 3.71. The van der Waals surface area contributed by atoms with Gasteiger partial charge in [-0.2, -0.15) is 0 Å². The predicted octanol–water partition coefficient (Wildman–Crippen LogP) is 4.18. The summed E-state index contributed by atoms with van der Waals surface area (Å²) < 4.78 is 10.6. The summed E-state index contributed by atoms with van der Waals surface area (Å²) >= 11 is 0. The van der Waals surface area contributed by atoms with Gasteiger partial charge in [-0.05, 0) is 53.1 Å². The maximum Gasteiger partial charge on any atom is 0.338 e. The average molecular weight is 402 g/mol. The minimum absolute atomic E-state index is 0.231. The van der Waals surface area contributed by atoms with Crippen molar-refractivity contribution in [3.05, 3.63) is 83.4 Å². The van der Waals surface area contributed by atoms with E-state index in [0.29, 0.717) is 22.6 Å². The van der Waals surface area contributed by atoms with Gasteiger partial charge in [-0.3, -0.25) is 0 Å². The summed E-state index contributed by atoms with van der Waals surface area (Å²) in [6, 6.07) is 19.9. The zero-order valence-electron chi connectivity index (χ0n) is 16.8. The summed E-state index contributed by atoms with van der Waals surface area (Å²) in [5.74, 6) is 0.205. The Bertz CT molecular complexity index is 1130. The zero-order valence-corrected chi connectivity index (χ0v) is 16.8. The number of carbonyl (C=O) groups is 2. The first-order valence-corrected chi connectivity index (χ1v) is 9.73. The lowest BCUT2D eigenvalue weighted by atomic mass is 9.89. The van der Waals surface area contributed by atoms with Gasteiger partial charge in [0.1, 0.15) is 5.75 Å². The van der Waals surface area contributed by atoms with Crippen LogP contribution >= 0.6 is 0 Å². The number of amides is 2. The van der Waals surface area contributed by atoms with Gasteiger partial charge in [-0.15, -0.1) is 0 Å². The fraction of sp³-hybridized carbons (Fsp3) is 0.167. The molecule has 1 heterocycles. The Kier molecular flexibility index (Phi) is 5.39. The second kappa shape index (κ2) is 8.29. The maximum absolute atomic E-state index is 13.0. The van der Waals surface area contributed by atoms with Crippen LogP contribution in [0.25, 0.3) is 16.5 Å². The van der Waals surface area contributed by atoms with Crippen LogP contribution in [0, 0.1) is 0 Å². The molecule has 0 bridgehead atoms. The van der Waals surface area contributed by atoms with Gasteiger partial charge in [-0.1, -0.05) is 42.5 Å². The molecule has 0 saturated heterocycles. The highest BCUT2D eigenvalue weighted by molar-refractivity contribution is 6.05. The van der Waals surface area contributed by atoms with Crippen molar-refractivity contribution in [2.45, 2.75) is 13.0 Å². The molecule has 0 radical (unpaired) electrons. The van der Waals surface area contributed by atoms with Gasteiger partial charge in [0.25, 0.3) is 0 Å². The number of nitrogens with one attached hydrogen (secondary N) is 2. The smallest absolute Gasteiger partial charge is 0.338 e. The molecule has 0 spiro atoms. The summed E-state index contributed by atoms with van der Waals surface area (Å²) in [4.78, 5) is 25.6. The number of esters is 1. The molecular weight excluding hydrogens is 380 g/mol. The van der Waals surface area contributed by atoms with E-state index < -0.39 is 12.0 Å². The Morgan fingerprint density at radius 3 is 2.47 bits per heavy atom. The Labute approximate surface area is 174 Å². The van der Waals surface area contributed by atoms with E-state index in [0.717, 1.165) is 16.3 Å². The van der Waals surface area contributed by atoms with Gasteiger partial charge in [0, 0.05) is 0 Å². The summed E-state index contributed by atoms with van der Waals surface area (Å²) in [7, 11) is 1.58. The summed E-state index contributed by atoms with van der Waals surface area (Å²) in [6.07, 6.45) is 0. The number of hydrogen-bond donors (Lipinski definition) is 2. The summed E-state index contributed by atoms with van der Waals surface area (Å²) in [5.41, 5.74) is 2.31. The van der Waals surface area contributed by atoms with Crippen molar-refractivity contribution < 1.29 is 19.1 Å². The van der Waals surface area contributed by atoms with Crippen molar-refractivity contribution in [1.82, 2.24) is 10.6 Å². The minimum atomic E-state index is -0.652. The molecule has 1 unspecified atom stereocenters. The van der Waals surface area contributed by atoms with Crippen LogP contribution < -0.4 is 15.4 Å². The highest BCUT2D eigenvalue weighted by Gasteiger charge is 2.35. The molecule has 1 atom stereocenters. The van der Waals surface area contributed by atoms with E-state index >= 15 is 0 Å². The Morgan fingerprint density at radius 1 is 1.00 bits per heavy atom. The second-order valence-corrected chi connectivity index (χ2v) is 6.84. The number of urea groups is 1. The quantitative estimate of drug-likeness (QED) is 0.628. The molecule has 4 rings (SSSR count). The van der Waals surface area contributed by atoms with Crippen LogP contribution in [0.2, 0.25) is 0 Å². The number of hydrogen-bond acceptors (Lipinski definition) is 4. The standard InChI is InChI=1S/C24H22N2O4/c1-3-30-23(27)20-21(16-11-13-17(29-2)14-12-16)25-24(28)26-22(20)19-10-6-8-15-7-4-5-9-18(15)19/h4-14,22H,3H2,1-2H3,(H2,25,26,28). The third-order valence-electron chi connectivity index (χ3n) is 5.08. The van der Waals surface area contributed by atoms with Gasteiger partial charge in [-0.25, -0.2) is 9.59 Å². The van der Waals surface area contributed by atoms with Crippen LogP contribution in [-0.4, -0.2) is 25.7 Å². The van der Waals surface area contributed by atoms with Gasteiger partial charge in [0.2, 0.25) is 0 Å². The van der Waals surface area contributed by atoms with Gasteiger partial charge >= 0.3 is 12.0 Å². The van der Waals surface area contributed by atoms with E-state index in [1.54, 1.807) is 38.3 Å². The molecule has 0 fully saturated rings. The molecule has 3 aromatic carbocycles. The molecule has 0 saturated carbocycles. The molecule has 0 aromatic heterocycles. The molecule has 6 nitrogen and oxygen atoms in total. The molecule has 0 aliphatic carbocycles. The van der Waals surface area contributed by atoms with Crippen LogP contribution in [0.3, 0.4) is 0 Å². The lowest BCUT2D eigenvalue weighted by Gasteiger charge is -2.30. The van der Waals surface area contributed by atoms with E-state index in [1.807, 2.05) is 42.5 Å². The van der Waals surface area contributed by atoms with Crippen LogP contribution in [0.1, 0.15) is 24.1 Å². The number of benzene rings is 3. The van der Waals surface area contributed by atoms with Crippen LogP contribution in [0.15, 0.2) is 72.3 Å². The molecular formula is C24H22N2O4. The first kappa shape index (κ1) is 19.5. The van der Waals surface area contributed by atoms with Crippen LogP contribution in [0.4, 0.5) is 4.79 Å². The first-order valence-electron chi connectivity index (χ1n) is 9.73. The number of carbonyl (C=O) groups excluding carboxylic acids is 2. The van der Waals surface area contributed by atoms with Crippen molar-refractivity contribution in [3.8, 4) is 5.75 Å². The number of ether oxygens (including phenoxy) is 2. The van der Waals surface area contributed by atoms with Crippen LogP contribution in [-0.2, 0) is 9.53 Å². The Morgan fingerprint density at radius 2 is 1.73 bits per heavy atom. The van der Waals surface area contributed by atoms with Crippen molar-refractivity contribution in [2.24, 2.45) is 0 Å². The van der Waals surface area contributed by atoms with Crippen molar-refractivity contribution in [2.75, 3.05) is 13.7 Å². The molecule has 30 heavy (non-hydrogen) atoms. The third-order valence-corrected chi connectivity index (χ3v) is 5.08. The zero-order chi connectivity index (χ0) is 21.1. The molecule has 2 amide bonds. The van der Waals surface area contributed by atoms with Crippen molar-refractivity contribution >= 4 is 28.5 Å². The lowest BCUT2D eigenvalue weighted by Crippen LogP contribution is -2.45. The lowest BCUT2D eigenvalue weighted by molar-refractivity contribution is -0.138. The van der Waals surface area contributed by atoms with Gasteiger partial charge in [0.15, 0.2) is 0 Å². The normalized spacial score (nSPS) is 16.1. The van der Waals surface area contributed by atoms with Crippen LogP contribution in [0.5, 0.6) is 5.75 Å². The fourth-order valence-electron chi connectivity index (χ4n) is 3.71. The number of rotatable bonds is 5. The molecule has 1 aliphatic heterocycles. The Hall–Kier alpha value is -3.80. The summed E-state index contributed by atoms with van der Waals surface area (Å²) in [6.45, 7) is 1.99. The monoisotopic (exact) mass is 402 g/mol.